The highest BCUT2D eigenvalue weighted by Crippen LogP contribution is 2.23. The van der Waals surface area contributed by atoms with Crippen molar-refractivity contribution in [2.24, 2.45) is 0 Å². The van der Waals surface area contributed by atoms with Gasteiger partial charge in [0.1, 0.15) is 12.4 Å². The predicted molar refractivity (Wildman–Crippen MR) is 127 cm³/mol. The van der Waals surface area contributed by atoms with Crippen molar-refractivity contribution < 1.29 is 9.59 Å². The normalized spacial score (nSPS) is 11.8. The summed E-state index contributed by atoms with van der Waals surface area (Å²) >= 11 is 12.1. The molecule has 2 amide bonds. The first kappa shape index (κ1) is 21.9. The molecule has 32 heavy (non-hydrogen) atoms. The van der Waals surface area contributed by atoms with Crippen molar-refractivity contribution in [2.45, 2.75) is 19.5 Å². The lowest BCUT2D eigenvalue weighted by molar-refractivity contribution is -0.116. The Bertz CT molecular complexity index is 1280. The van der Waals surface area contributed by atoms with E-state index in [1.807, 2.05) is 31.2 Å². The van der Waals surface area contributed by atoms with Gasteiger partial charge in [-0.05, 0) is 55.5 Å². The Balaban J connectivity index is 1.59. The Hall–Kier alpha value is -3.35. The molecule has 2 N–H and O–H groups in total. The highest BCUT2D eigenvalue weighted by atomic mass is 35.5. The highest BCUT2D eigenvalue weighted by Gasteiger charge is 2.21. The molecule has 1 atom stereocenters. The largest absolute Gasteiger partial charge is 0.342 e. The summed E-state index contributed by atoms with van der Waals surface area (Å²) < 4.78 is 1.80. The van der Waals surface area contributed by atoms with E-state index in [1.165, 1.54) is 0 Å². The van der Waals surface area contributed by atoms with Crippen LogP contribution in [-0.4, -0.2) is 21.4 Å². The number of benzene rings is 3. The molecule has 4 rings (SSSR count). The number of hydrogen-bond acceptors (Lipinski definition) is 3. The van der Waals surface area contributed by atoms with Crippen LogP contribution in [0.5, 0.6) is 0 Å². The van der Waals surface area contributed by atoms with E-state index in [-0.39, 0.29) is 18.4 Å². The number of aromatic nitrogens is 2. The van der Waals surface area contributed by atoms with Crippen LogP contribution in [0.1, 0.15) is 29.1 Å². The second-order valence-corrected chi connectivity index (χ2v) is 8.12. The van der Waals surface area contributed by atoms with E-state index in [0.29, 0.717) is 27.1 Å². The van der Waals surface area contributed by atoms with Gasteiger partial charge in [0.25, 0.3) is 5.91 Å². The molecule has 0 fully saturated rings. The third-order valence-electron chi connectivity index (χ3n) is 4.97. The van der Waals surface area contributed by atoms with Gasteiger partial charge < -0.3 is 15.2 Å². The van der Waals surface area contributed by atoms with Crippen LogP contribution in [0.15, 0.2) is 72.8 Å². The van der Waals surface area contributed by atoms with Gasteiger partial charge >= 0.3 is 0 Å². The molecule has 0 radical (unpaired) electrons. The lowest BCUT2D eigenvalue weighted by Crippen LogP contribution is -2.30. The Morgan fingerprint density at radius 1 is 0.969 bits per heavy atom. The number of halogens is 2. The standard InChI is InChI=1S/C24H20Cl2N4O2/c1-15(27-24(32)18-6-2-3-7-19(18)26)23-29-20-8-4-5-9-21(20)30(23)14-22(31)28-17-12-10-16(25)11-13-17/h2-13,15H,14H2,1H3,(H,27,32)(H,28,31). The summed E-state index contributed by atoms with van der Waals surface area (Å²) in [4.78, 5) is 30.2. The smallest absolute Gasteiger partial charge is 0.253 e. The molecular formula is C24H20Cl2N4O2. The molecule has 0 aliphatic carbocycles. The van der Waals surface area contributed by atoms with Gasteiger partial charge in [-0.2, -0.15) is 0 Å². The Labute approximate surface area is 195 Å². The number of fused-ring (bicyclic) bond motifs is 1. The molecule has 162 valence electrons. The fourth-order valence-electron chi connectivity index (χ4n) is 3.45. The van der Waals surface area contributed by atoms with Crippen molar-refractivity contribution in [3.63, 3.8) is 0 Å². The molecule has 0 spiro atoms. The van der Waals surface area contributed by atoms with Crippen LogP contribution >= 0.6 is 23.2 Å². The van der Waals surface area contributed by atoms with Crippen molar-refractivity contribution in [2.75, 3.05) is 5.32 Å². The van der Waals surface area contributed by atoms with Crippen molar-refractivity contribution in [1.82, 2.24) is 14.9 Å². The summed E-state index contributed by atoms with van der Waals surface area (Å²) in [6.45, 7) is 1.86. The van der Waals surface area contributed by atoms with E-state index in [4.69, 9.17) is 23.2 Å². The summed E-state index contributed by atoms with van der Waals surface area (Å²) in [7, 11) is 0. The van der Waals surface area contributed by atoms with Gasteiger partial charge in [0.05, 0.1) is 27.7 Å². The average molecular weight is 467 g/mol. The number of carbonyl (C=O) groups is 2. The van der Waals surface area contributed by atoms with E-state index < -0.39 is 6.04 Å². The quantitative estimate of drug-likeness (QED) is 0.395. The molecule has 1 heterocycles. The van der Waals surface area contributed by atoms with Crippen LogP contribution < -0.4 is 10.6 Å². The van der Waals surface area contributed by atoms with E-state index in [0.717, 1.165) is 11.0 Å². The van der Waals surface area contributed by atoms with Gasteiger partial charge in [-0.3, -0.25) is 9.59 Å². The first-order chi connectivity index (χ1) is 15.4. The number of nitrogens with zero attached hydrogens (tertiary/aromatic N) is 2. The van der Waals surface area contributed by atoms with Crippen LogP contribution in [-0.2, 0) is 11.3 Å². The van der Waals surface area contributed by atoms with Gasteiger partial charge in [-0.1, -0.05) is 47.5 Å². The molecule has 8 heteroatoms. The Morgan fingerprint density at radius 2 is 1.66 bits per heavy atom. The predicted octanol–water partition coefficient (Wildman–Crippen LogP) is 5.47. The van der Waals surface area contributed by atoms with Gasteiger partial charge in [-0.25, -0.2) is 4.98 Å². The number of imidazole rings is 1. The molecule has 0 bridgehead atoms. The zero-order valence-electron chi connectivity index (χ0n) is 17.2. The molecule has 0 saturated heterocycles. The van der Waals surface area contributed by atoms with E-state index >= 15 is 0 Å². The van der Waals surface area contributed by atoms with Crippen LogP contribution in [0.4, 0.5) is 5.69 Å². The molecule has 0 aliphatic rings. The van der Waals surface area contributed by atoms with Crippen LogP contribution in [0, 0.1) is 0 Å². The minimum atomic E-state index is -0.463. The van der Waals surface area contributed by atoms with Crippen molar-refractivity contribution in [3.05, 3.63) is 94.2 Å². The zero-order valence-corrected chi connectivity index (χ0v) is 18.7. The number of nitrogens with one attached hydrogen (secondary N) is 2. The average Bonchev–Trinajstić information content (AvgIpc) is 3.14. The van der Waals surface area contributed by atoms with Gasteiger partial charge in [0, 0.05) is 10.7 Å². The first-order valence-electron chi connectivity index (χ1n) is 9.98. The fourth-order valence-corrected chi connectivity index (χ4v) is 3.80. The maximum Gasteiger partial charge on any atom is 0.253 e. The van der Waals surface area contributed by atoms with Gasteiger partial charge in [-0.15, -0.1) is 0 Å². The number of rotatable bonds is 6. The Kier molecular flexibility index (Phi) is 6.44. The molecule has 3 aromatic carbocycles. The summed E-state index contributed by atoms with van der Waals surface area (Å²) in [6.07, 6.45) is 0. The SMILES string of the molecule is CC(NC(=O)c1ccccc1Cl)c1nc2ccccc2n1CC(=O)Nc1ccc(Cl)cc1. The van der Waals surface area contributed by atoms with E-state index in [2.05, 4.69) is 15.6 Å². The second-order valence-electron chi connectivity index (χ2n) is 7.27. The summed E-state index contributed by atoms with van der Waals surface area (Å²) in [5.41, 5.74) is 2.56. The van der Waals surface area contributed by atoms with Crippen LogP contribution in [0.25, 0.3) is 11.0 Å². The molecule has 0 aliphatic heterocycles. The van der Waals surface area contributed by atoms with Gasteiger partial charge in [0.2, 0.25) is 5.91 Å². The summed E-state index contributed by atoms with van der Waals surface area (Å²) in [5, 5.41) is 6.75. The second kappa shape index (κ2) is 9.42. The number of hydrogen-bond donors (Lipinski definition) is 2. The minimum Gasteiger partial charge on any atom is -0.342 e. The molecule has 4 aromatic rings. The molecule has 0 saturated carbocycles. The van der Waals surface area contributed by atoms with E-state index in [1.54, 1.807) is 53.1 Å². The van der Waals surface area contributed by atoms with Crippen molar-refractivity contribution in [1.29, 1.82) is 0 Å². The van der Waals surface area contributed by atoms with Crippen LogP contribution in [0.3, 0.4) is 0 Å². The maximum absolute atomic E-state index is 12.8. The first-order valence-corrected chi connectivity index (χ1v) is 10.7. The number of anilines is 1. The maximum atomic E-state index is 12.8. The Morgan fingerprint density at radius 3 is 2.41 bits per heavy atom. The lowest BCUT2D eigenvalue weighted by atomic mass is 10.2. The molecular weight excluding hydrogens is 447 g/mol. The third kappa shape index (κ3) is 4.77. The number of carbonyl (C=O) groups excluding carboxylic acids is 2. The topological polar surface area (TPSA) is 76.0 Å². The third-order valence-corrected chi connectivity index (χ3v) is 5.55. The van der Waals surface area contributed by atoms with E-state index in [9.17, 15) is 9.59 Å². The fraction of sp³-hybridized carbons (Fsp3) is 0.125. The van der Waals surface area contributed by atoms with Crippen molar-refractivity contribution >= 4 is 51.7 Å². The monoisotopic (exact) mass is 466 g/mol. The number of para-hydroxylation sites is 2. The lowest BCUT2D eigenvalue weighted by Gasteiger charge is -2.17. The highest BCUT2D eigenvalue weighted by molar-refractivity contribution is 6.33. The summed E-state index contributed by atoms with van der Waals surface area (Å²) in [6, 6.07) is 20.8. The van der Waals surface area contributed by atoms with Crippen molar-refractivity contribution in [3.8, 4) is 0 Å². The molecule has 6 nitrogen and oxygen atoms in total. The van der Waals surface area contributed by atoms with Gasteiger partial charge in [0.15, 0.2) is 0 Å². The summed E-state index contributed by atoms with van der Waals surface area (Å²) in [5.74, 6) is 0.0338. The molecule has 1 aromatic heterocycles. The molecule has 1 unspecified atom stereocenters. The zero-order chi connectivity index (χ0) is 22.7. The minimum absolute atomic E-state index is 0.0325. The number of amides is 2. The van der Waals surface area contributed by atoms with Crippen LogP contribution in [0.2, 0.25) is 10.0 Å².